The highest BCUT2D eigenvalue weighted by Gasteiger charge is 2.35. The number of amides is 3. The number of nitrogens with zero attached hydrogens (tertiary/aromatic N) is 2. The van der Waals surface area contributed by atoms with E-state index < -0.39 is 0 Å². The van der Waals surface area contributed by atoms with Crippen LogP contribution in [0.4, 0.5) is 0 Å². The summed E-state index contributed by atoms with van der Waals surface area (Å²) < 4.78 is 5.43. The Hall–Kier alpha value is -3.19. The fourth-order valence-corrected chi connectivity index (χ4v) is 4.23. The van der Waals surface area contributed by atoms with Crippen LogP contribution in [0.1, 0.15) is 61.5 Å². The molecule has 7 heteroatoms. The molecule has 4 rings (SSSR count). The van der Waals surface area contributed by atoms with Gasteiger partial charge in [0.15, 0.2) is 0 Å². The number of furan rings is 1. The topological polar surface area (TPSA) is 70.8 Å². The van der Waals surface area contributed by atoms with Crippen molar-refractivity contribution < 1.29 is 18.8 Å². The summed E-state index contributed by atoms with van der Waals surface area (Å²) in [4.78, 5) is 42.6. The first-order chi connectivity index (χ1) is 14.6. The molecule has 3 amide bonds. The summed E-state index contributed by atoms with van der Waals surface area (Å²) in [6.07, 6.45) is 3.23. The maximum Gasteiger partial charge on any atom is 0.261 e. The zero-order valence-electron chi connectivity index (χ0n) is 16.7. The minimum atomic E-state index is -0.325. The van der Waals surface area contributed by atoms with Gasteiger partial charge in [-0.1, -0.05) is 19.4 Å². The highest BCUT2D eigenvalue weighted by molar-refractivity contribution is 7.09. The molecule has 0 saturated heterocycles. The molecule has 0 unspecified atom stereocenters. The largest absolute Gasteiger partial charge is 0.467 e. The van der Waals surface area contributed by atoms with Crippen molar-refractivity contribution >= 4 is 29.1 Å². The molecule has 2 aromatic heterocycles. The van der Waals surface area contributed by atoms with Gasteiger partial charge >= 0.3 is 0 Å². The van der Waals surface area contributed by atoms with Gasteiger partial charge in [0.05, 0.1) is 30.5 Å². The fraction of sp³-hybridized carbons (Fsp3) is 0.261. The van der Waals surface area contributed by atoms with E-state index in [1.54, 1.807) is 46.8 Å². The molecule has 1 aliphatic heterocycles. The van der Waals surface area contributed by atoms with Crippen LogP contribution in [-0.2, 0) is 13.1 Å². The molecule has 0 N–H and O–H groups in total. The minimum Gasteiger partial charge on any atom is -0.467 e. The van der Waals surface area contributed by atoms with E-state index >= 15 is 0 Å². The van der Waals surface area contributed by atoms with Gasteiger partial charge in [-0.15, -0.1) is 11.3 Å². The quantitative estimate of drug-likeness (QED) is 0.498. The van der Waals surface area contributed by atoms with Gasteiger partial charge in [-0.3, -0.25) is 19.3 Å². The average Bonchev–Trinajstić information content (AvgIpc) is 3.50. The van der Waals surface area contributed by atoms with Crippen LogP contribution in [0.2, 0.25) is 0 Å². The van der Waals surface area contributed by atoms with Crippen molar-refractivity contribution in [2.24, 2.45) is 0 Å². The van der Waals surface area contributed by atoms with Crippen LogP contribution in [-0.4, -0.2) is 34.1 Å². The summed E-state index contributed by atoms with van der Waals surface area (Å²) in [6.45, 7) is 3.16. The number of unbranched alkanes of at least 4 members (excludes halogenated alkanes) is 1. The molecule has 3 heterocycles. The van der Waals surface area contributed by atoms with E-state index in [0.717, 1.165) is 17.7 Å². The van der Waals surface area contributed by atoms with Crippen LogP contribution < -0.4 is 0 Å². The highest BCUT2D eigenvalue weighted by Crippen LogP contribution is 2.26. The molecule has 6 nitrogen and oxygen atoms in total. The minimum absolute atomic E-state index is 0.213. The second-order valence-corrected chi connectivity index (χ2v) is 8.23. The maximum absolute atomic E-state index is 13.3. The van der Waals surface area contributed by atoms with E-state index in [-0.39, 0.29) is 17.7 Å². The predicted molar refractivity (Wildman–Crippen MR) is 113 cm³/mol. The Morgan fingerprint density at radius 1 is 1.07 bits per heavy atom. The van der Waals surface area contributed by atoms with Crippen LogP contribution in [0.5, 0.6) is 0 Å². The fourth-order valence-electron chi connectivity index (χ4n) is 3.51. The van der Waals surface area contributed by atoms with Crippen LogP contribution in [0, 0.1) is 0 Å². The van der Waals surface area contributed by atoms with Gasteiger partial charge in [0.25, 0.3) is 17.7 Å². The Kier molecular flexibility index (Phi) is 5.81. The van der Waals surface area contributed by atoms with Crippen molar-refractivity contribution in [3.8, 4) is 0 Å². The van der Waals surface area contributed by atoms with E-state index in [9.17, 15) is 14.4 Å². The third kappa shape index (κ3) is 3.93. The van der Waals surface area contributed by atoms with Gasteiger partial charge in [0.1, 0.15) is 5.76 Å². The van der Waals surface area contributed by atoms with Crippen LogP contribution >= 0.6 is 11.3 Å². The Morgan fingerprint density at radius 2 is 1.90 bits per heavy atom. The Balaban J connectivity index is 1.60. The summed E-state index contributed by atoms with van der Waals surface area (Å²) in [6, 6.07) is 12.3. The second-order valence-electron chi connectivity index (χ2n) is 7.20. The first kappa shape index (κ1) is 20.1. The summed E-state index contributed by atoms with van der Waals surface area (Å²) in [7, 11) is 0. The molecule has 0 fully saturated rings. The van der Waals surface area contributed by atoms with Crippen molar-refractivity contribution in [3.05, 3.63) is 81.4 Å². The van der Waals surface area contributed by atoms with Gasteiger partial charge in [-0.05, 0) is 48.2 Å². The Morgan fingerprint density at radius 3 is 2.60 bits per heavy atom. The van der Waals surface area contributed by atoms with E-state index in [2.05, 4.69) is 0 Å². The molecule has 0 atom stereocenters. The molecule has 0 radical (unpaired) electrons. The van der Waals surface area contributed by atoms with Gasteiger partial charge in [0, 0.05) is 17.0 Å². The van der Waals surface area contributed by atoms with Gasteiger partial charge in [0.2, 0.25) is 0 Å². The molecule has 0 bridgehead atoms. The number of benzene rings is 1. The average molecular weight is 423 g/mol. The lowest BCUT2D eigenvalue weighted by Gasteiger charge is -2.21. The van der Waals surface area contributed by atoms with E-state index in [1.165, 1.54) is 4.90 Å². The lowest BCUT2D eigenvalue weighted by Crippen LogP contribution is -2.30. The van der Waals surface area contributed by atoms with Gasteiger partial charge in [-0.25, -0.2) is 0 Å². The van der Waals surface area contributed by atoms with Crippen molar-refractivity contribution in [1.29, 1.82) is 0 Å². The maximum atomic E-state index is 13.3. The van der Waals surface area contributed by atoms with E-state index in [1.807, 2.05) is 30.5 Å². The van der Waals surface area contributed by atoms with Crippen molar-refractivity contribution in [2.45, 2.75) is 32.9 Å². The molecule has 154 valence electrons. The number of imide groups is 1. The van der Waals surface area contributed by atoms with Crippen molar-refractivity contribution in [2.75, 3.05) is 6.54 Å². The number of thiophene rings is 1. The third-order valence-electron chi connectivity index (χ3n) is 5.09. The van der Waals surface area contributed by atoms with Gasteiger partial charge in [-0.2, -0.15) is 0 Å². The Labute approximate surface area is 178 Å². The van der Waals surface area contributed by atoms with Crippen LogP contribution in [0.15, 0.2) is 58.5 Å². The highest BCUT2D eigenvalue weighted by atomic mass is 32.1. The lowest BCUT2D eigenvalue weighted by molar-refractivity contribution is 0.0651. The monoisotopic (exact) mass is 422 g/mol. The number of rotatable bonds is 8. The predicted octanol–water partition coefficient (Wildman–Crippen LogP) is 4.58. The molecular weight excluding hydrogens is 400 g/mol. The SMILES string of the molecule is CCCCN1C(=O)c2ccc(C(=O)N(Cc3ccco3)Cc3cccs3)cc2C1=O. The first-order valence-electron chi connectivity index (χ1n) is 9.92. The zero-order chi connectivity index (χ0) is 21.1. The third-order valence-corrected chi connectivity index (χ3v) is 5.95. The summed E-state index contributed by atoms with van der Waals surface area (Å²) in [5.74, 6) is -0.143. The van der Waals surface area contributed by atoms with Crippen molar-refractivity contribution in [3.63, 3.8) is 0 Å². The number of carbonyl (C=O) groups is 3. The number of fused-ring (bicyclic) bond motifs is 1. The molecule has 0 spiro atoms. The summed E-state index contributed by atoms with van der Waals surface area (Å²) >= 11 is 1.58. The van der Waals surface area contributed by atoms with E-state index in [4.69, 9.17) is 4.42 Å². The smallest absolute Gasteiger partial charge is 0.261 e. The lowest BCUT2D eigenvalue weighted by atomic mass is 10.0. The zero-order valence-corrected chi connectivity index (χ0v) is 17.5. The summed E-state index contributed by atoms with van der Waals surface area (Å²) in [5.41, 5.74) is 1.05. The molecule has 0 saturated carbocycles. The second kappa shape index (κ2) is 8.67. The molecule has 1 aromatic carbocycles. The summed E-state index contributed by atoms with van der Waals surface area (Å²) in [5, 5.41) is 1.97. The van der Waals surface area contributed by atoms with Crippen LogP contribution in [0.3, 0.4) is 0 Å². The molecular formula is C23H22N2O4S. The normalized spacial score (nSPS) is 13.0. The number of hydrogen-bond donors (Lipinski definition) is 0. The molecule has 30 heavy (non-hydrogen) atoms. The molecule has 0 aliphatic carbocycles. The molecule has 1 aliphatic rings. The van der Waals surface area contributed by atoms with Gasteiger partial charge < -0.3 is 9.32 Å². The Bertz CT molecular complexity index is 1020. The number of hydrogen-bond acceptors (Lipinski definition) is 5. The first-order valence-corrected chi connectivity index (χ1v) is 10.8. The van der Waals surface area contributed by atoms with E-state index in [0.29, 0.717) is 42.1 Å². The van der Waals surface area contributed by atoms with Crippen molar-refractivity contribution in [1.82, 2.24) is 9.80 Å². The van der Waals surface area contributed by atoms with Crippen LogP contribution in [0.25, 0.3) is 0 Å². The number of carbonyl (C=O) groups excluding carboxylic acids is 3. The molecule has 3 aromatic rings. The standard InChI is InChI=1S/C23H22N2O4S/c1-2-3-10-25-22(27)19-9-8-16(13-20(19)23(25)28)21(26)24(14-17-6-4-11-29-17)15-18-7-5-12-30-18/h4-9,11-13H,2-3,10,14-15H2,1H3.